The van der Waals surface area contributed by atoms with Gasteiger partial charge in [0.2, 0.25) is 0 Å². The van der Waals surface area contributed by atoms with Gasteiger partial charge in [0.05, 0.1) is 17.2 Å². The van der Waals surface area contributed by atoms with E-state index in [1.807, 2.05) is 6.07 Å². The standard InChI is InChI=1S/C15H9Cl2NO2/c16-13-3-4-15(12(6-13)8-19)20-9-11-2-1-10(7-18)5-14(11)17/h1-6,8H,9H2. The summed E-state index contributed by atoms with van der Waals surface area (Å²) in [6, 6.07) is 11.8. The summed E-state index contributed by atoms with van der Waals surface area (Å²) < 4.78 is 5.57. The summed E-state index contributed by atoms with van der Waals surface area (Å²) in [6.45, 7) is 0.201. The lowest BCUT2D eigenvalue weighted by Gasteiger charge is -2.10. The van der Waals surface area contributed by atoms with E-state index in [4.69, 9.17) is 33.2 Å². The van der Waals surface area contributed by atoms with Gasteiger partial charge in [-0.25, -0.2) is 0 Å². The average molecular weight is 306 g/mol. The highest BCUT2D eigenvalue weighted by Gasteiger charge is 2.07. The molecule has 0 aromatic heterocycles. The molecule has 0 aliphatic heterocycles. The number of hydrogen-bond acceptors (Lipinski definition) is 3. The highest BCUT2D eigenvalue weighted by atomic mass is 35.5. The van der Waals surface area contributed by atoms with E-state index in [9.17, 15) is 4.79 Å². The lowest BCUT2D eigenvalue weighted by Crippen LogP contribution is -1.99. The Morgan fingerprint density at radius 1 is 1.20 bits per heavy atom. The van der Waals surface area contributed by atoms with Gasteiger partial charge in [0.15, 0.2) is 6.29 Å². The second kappa shape index (κ2) is 6.42. The first-order valence-electron chi connectivity index (χ1n) is 5.70. The van der Waals surface area contributed by atoms with E-state index in [1.165, 1.54) is 6.07 Å². The van der Waals surface area contributed by atoms with Crippen molar-refractivity contribution in [1.82, 2.24) is 0 Å². The number of nitrogens with zero attached hydrogens (tertiary/aromatic N) is 1. The first-order chi connectivity index (χ1) is 9.63. The molecule has 0 amide bonds. The number of rotatable bonds is 4. The topological polar surface area (TPSA) is 50.1 Å². The number of ether oxygens (including phenoxy) is 1. The zero-order valence-electron chi connectivity index (χ0n) is 10.3. The van der Waals surface area contributed by atoms with Gasteiger partial charge < -0.3 is 4.74 Å². The SMILES string of the molecule is N#Cc1ccc(COc2ccc(Cl)cc2C=O)c(Cl)c1. The van der Waals surface area contributed by atoms with E-state index in [0.717, 1.165) is 5.56 Å². The fourth-order valence-corrected chi connectivity index (χ4v) is 2.05. The molecule has 0 spiro atoms. The number of carbonyl (C=O) groups excluding carboxylic acids is 1. The van der Waals surface area contributed by atoms with Crippen molar-refractivity contribution in [2.24, 2.45) is 0 Å². The third-order valence-corrected chi connectivity index (χ3v) is 3.25. The van der Waals surface area contributed by atoms with Gasteiger partial charge >= 0.3 is 0 Å². The molecular formula is C15H9Cl2NO2. The Labute approximate surface area is 126 Å². The van der Waals surface area contributed by atoms with Gasteiger partial charge in [-0.3, -0.25) is 4.79 Å². The predicted octanol–water partition coefficient (Wildman–Crippen LogP) is 4.26. The maximum Gasteiger partial charge on any atom is 0.153 e. The van der Waals surface area contributed by atoms with Gasteiger partial charge in [-0.05, 0) is 30.3 Å². The maximum atomic E-state index is 10.9. The van der Waals surface area contributed by atoms with Gasteiger partial charge in [0, 0.05) is 15.6 Å². The molecule has 0 unspecified atom stereocenters. The smallest absolute Gasteiger partial charge is 0.153 e. The van der Waals surface area contributed by atoms with Gasteiger partial charge in [0.25, 0.3) is 0 Å². The maximum absolute atomic E-state index is 10.9. The zero-order valence-corrected chi connectivity index (χ0v) is 11.8. The molecule has 2 aromatic rings. The Morgan fingerprint density at radius 2 is 2.00 bits per heavy atom. The van der Waals surface area contributed by atoms with Crippen molar-refractivity contribution < 1.29 is 9.53 Å². The molecule has 0 N–H and O–H groups in total. The molecule has 0 aliphatic rings. The molecule has 20 heavy (non-hydrogen) atoms. The van der Waals surface area contributed by atoms with Crippen molar-refractivity contribution in [3.05, 3.63) is 63.1 Å². The average Bonchev–Trinajstić information content (AvgIpc) is 2.46. The Morgan fingerprint density at radius 3 is 2.65 bits per heavy atom. The van der Waals surface area contributed by atoms with Crippen LogP contribution in [-0.2, 0) is 6.61 Å². The number of aldehydes is 1. The van der Waals surface area contributed by atoms with Gasteiger partial charge in [-0.2, -0.15) is 5.26 Å². The van der Waals surface area contributed by atoms with Crippen LogP contribution in [-0.4, -0.2) is 6.29 Å². The van der Waals surface area contributed by atoms with Crippen molar-refractivity contribution in [3.8, 4) is 11.8 Å². The molecule has 0 bridgehead atoms. The Bertz CT molecular complexity index is 693. The quantitative estimate of drug-likeness (QED) is 0.793. The predicted molar refractivity (Wildman–Crippen MR) is 77.3 cm³/mol. The van der Waals surface area contributed by atoms with Gasteiger partial charge in [-0.1, -0.05) is 29.3 Å². The van der Waals surface area contributed by atoms with E-state index in [2.05, 4.69) is 0 Å². The van der Waals surface area contributed by atoms with Crippen LogP contribution in [0.15, 0.2) is 36.4 Å². The summed E-state index contributed by atoms with van der Waals surface area (Å²) in [5.74, 6) is 0.435. The normalized spacial score (nSPS) is 9.85. The van der Waals surface area contributed by atoms with Crippen LogP contribution in [0.25, 0.3) is 0 Å². The monoisotopic (exact) mass is 305 g/mol. The molecule has 0 saturated heterocycles. The molecule has 100 valence electrons. The molecule has 2 aromatic carbocycles. The highest BCUT2D eigenvalue weighted by Crippen LogP contribution is 2.24. The van der Waals surface area contributed by atoms with Gasteiger partial charge in [-0.15, -0.1) is 0 Å². The van der Waals surface area contributed by atoms with Crippen molar-refractivity contribution in [1.29, 1.82) is 5.26 Å². The van der Waals surface area contributed by atoms with Crippen molar-refractivity contribution in [2.75, 3.05) is 0 Å². The third-order valence-electron chi connectivity index (χ3n) is 2.66. The minimum absolute atomic E-state index is 0.201. The molecule has 0 fully saturated rings. The first kappa shape index (κ1) is 14.4. The summed E-state index contributed by atoms with van der Waals surface area (Å²) in [4.78, 5) is 10.9. The van der Waals surface area contributed by atoms with Crippen LogP contribution >= 0.6 is 23.2 Å². The third kappa shape index (κ3) is 3.30. The van der Waals surface area contributed by atoms with Crippen LogP contribution in [0.5, 0.6) is 5.75 Å². The van der Waals surface area contributed by atoms with Crippen molar-refractivity contribution >= 4 is 29.5 Å². The lowest BCUT2D eigenvalue weighted by atomic mass is 10.1. The Hall–Kier alpha value is -2.02. The van der Waals surface area contributed by atoms with Crippen LogP contribution in [0, 0.1) is 11.3 Å². The largest absolute Gasteiger partial charge is 0.488 e. The fraction of sp³-hybridized carbons (Fsp3) is 0.0667. The summed E-state index contributed by atoms with van der Waals surface area (Å²) in [5, 5.41) is 9.68. The molecule has 0 saturated carbocycles. The number of carbonyl (C=O) groups is 1. The molecule has 2 rings (SSSR count). The van der Waals surface area contributed by atoms with Gasteiger partial charge in [0.1, 0.15) is 12.4 Å². The molecule has 0 heterocycles. The molecule has 0 atom stereocenters. The molecular weight excluding hydrogens is 297 g/mol. The number of nitriles is 1. The molecule has 0 aliphatic carbocycles. The summed E-state index contributed by atoms with van der Waals surface area (Å²) in [5.41, 5.74) is 1.60. The number of benzene rings is 2. The van der Waals surface area contributed by atoms with Crippen molar-refractivity contribution in [3.63, 3.8) is 0 Å². The lowest BCUT2D eigenvalue weighted by molar-refractivity contribution is 0.111. The summed E-state index contributed by atoms with van der Waals surface area (Å²) in [6.07, 6.45) is 0.682. The molecule has 3 nitrogen and oxygen atoms in total. The van der Waals surface area contributed by atoms with Crippen LogP contribution in [0.4, 0.5) is 0 Å². The second-order valence-corrected chi connectivity index (χ2v) is 4.85. The van der Waals surface area contributed by atoms with E-state index in [-0.39, 0.29) is 6.61 Å². The van der Waals surface area contributed by atoms with Crippen LogP contribution in [0.1, 0.15) is 21.5 Å². The van der Waals surface area contributed by atoms with E-state index < -0.39 is 0 Å². The van der Waals surface area contributed by atoms with E-state index in [0.29, 0.717) is 33.2 Å². The number of halogens is 2. The summed E-state index contributed by atoms with van der Waals surface area (Å²) >= 11 is 11.9. The Kier molecular flexibility index (Phi) is 4.62. The minimum Gasteiger partial charge on any atom is -0.488 e. The first-order valence-corrected chi connectivity index (χ1v) is 6.45. The zero-order chi connectivity index (χ0) is 14.5. The van der Waals surface area contributed by atoms with Crippen molar-refractivity contribution in [2.45, 2.75) is 6.61 Å². The molecule has 5 heteroatoms. The van der Waals surface area contributed by atoms with Crippen LogP contribution < -0.4 is 4.74 Å². The molecule has 0 radical (unpaired) electrons. The summed E-state index contributed by atoms with van der Waals surface area (Å²) in [7, 11) is 0. The number of hydrogen-bond donors (Lipinski definition) is 0. The second-order valence-electron chi connectivity index (χ2n) is 4.01. The van der Waals surface area contributed by atoms with E-state index in [1.54, 1.807) is 30.3 Å². The van der Waals surface area contributed by atoms with Crippen LogP contribution in [0.3, 0.4) is 0 Å². The fourth-order valence-electron chi connectivity index (χ4n) is 1.63. The van der Waals surface area contributed by atoms with E-state index >= 15 is 0 Å². The highest BCUT2D eigenvalue weighted by molar-refractivity contribution is 6.31. The minimum atomic E-state index is 0.201. The van der Waals surface area contributed by atoms with Crippen LogP contribution in [0.2, 0.25) is 10.0 Å². The Balaban J connectivity index is 2.17.